The second kappa shape index (κ2) is 8.75. The van der Waals surface area contributed by atoms with Crippen molar-refractivity contribution in [2.24, 2.45) is 0 Å². The number of hydrogen-bond acceptors (Lipinski definition) is 3. The molecular weight excluding hydrogens is 415 g/mol. The number of rotatable bonds is 5. The van der Waals surface area contributed by atoms with Crippen molar-refractivity contribution in [2.45, 2.75) is 5.92 Å². The van der Waals surface area contributed by atoms with Crippen LogP contribution in [0.3, 0.4) is 0 Å². The number of hydrogen-bond donors (Lipinski definition) is 0. The normalized spacial score (nSPS) is 16.0. The number of allylic oxidation sites excluding steroid dienone is 1. The summed E-state index contributed by atoms with van der Waals surface area (Å²) < 4.78 is 24.8. The van der Waals surface area contributed by atoms with Crippen molar-refractivity contribution in [1.82, 2.24) is 0 Å². The van der Waals surface area contributed by atoms with Gasteiger partial charge in [-0.05, 0) is 65.2 Å². The SMILES string of the molecule is COc1ccc(Oc2cccc3c2C(=O)C(=Cc2ccc(F)cc2)C3c2ccccc2)cc1. The van der Waals surface area contributed by atoms with E-state index in [9.17, 15) is 9.18 Å². The maximum atomic E-state index is 13.7. The second-order valence-electron chi connectivity index (χ2n) is 7.82. The van der Waals surface area contributed by atoms with E-state index in [1.807, 2.05) is 78.9 Å². The Bertz CT molecular complexity index is 1320. The molecule has 0 aliphatic heterocycles. The molecule has 33 heavy (non-hydrogen) atoms. The van der Waals surface area contributed by atoms with Crippen LogP contribution in [0, 0.1) is 5.82 Å². The monoisotopic (exact) mass is 436 g/mol. The van der Waals surface area contributed by atoms with E-state index in [2.05, 4.69) is 0 Å². The summed E-state index contributed by atoms with van der Waals surface area (Å²) in [6.45, 7) is 0. The summed E-state index contributed by atoms with van der Waals surface area (Å²) >= 11 is 0. The van der Waals surface area contributed by atoms with Crippen LogP contribution < -0.4 is 9.47 Å². The van der Waals surface area contributed by atoms with Gasteiger partial charge in [-0.15, -0.1) is 0 Å². The zero-order chi connectivity index (χ0) is 22.8. The van der Waals surface area contributed by atoms with Gasteiger partial charge in [0.25, 0.3) is 0 Å². The van der Waals surface area contributed by atoms with Crippen molar-refractivity contribution in [3.05, 3.63) is 131 Å². The highest BCUT2D eigenvalue weighted by Gasteiger charge is 2.38. The molecule has 1 unspecified atom stereocenters. The van der Waals surface area contributed by atoms with E-state index in [0.717, 1.165) is 22.4 Å². The molecule has 0 N–H and O–H groups in total. The first-order valence-electron chi connectivity index (χ1n) is 10.7. The summed E-state index contributed by atoms with van der Waals surface area (Å²) in [4.78, 5) is 13.7. The number of methoxy groups -OCH3 is 1. The Morgan fingerprint density at radius 2 is 1.48 bits per heavy atom. The van der Waals surface area contributed by atoms with Crippen LogP contribution in [0.4, 0.5) is 4.39 Å². The topological polar surface area (TPSA) is 35.5 Å². The van der Waals surface area contributed by atoms with Gasteiger partial charge in [-0.2, -0.15) is 0 Å². The van der Waals surface area contributed by atoms with Crippen LogP contribution in [0.25, 0.3) is 6.08 Å². The average molecular weight is 436 g/mol. The quantitative estimate of drug-likeness (QED) is 0.315. The van der Waals surface area contributed by atoms with Crippen molar-refractivity contribution in [3.8, 4) is 17.2 Å². The number of Topliss-reactive ketones (excluding diaryl/α,β-unsaturated/α-hetero) is 1. The van der Waals surface area contributed by atoms with Crippen LogP contribution in [0.5, 0.6) is 17.2 Å². The van der Waals surface area contributed by atoms with E-state index in [-0.39, 0.29) is 17.5 Å². The molecule has 1 aliphatic carbocycles. The van der Waals surface area contributed by atoms with Crippen molar-refractivity contribution in [1.29, 1.82) is 0 Å². The molecule has 0 aromatic heterocycles. The summed E-state index contributed by atoms with van der Waals surface area (Å²) in [5.41, 5.74) is 3.86. The third-order valence-electron chi connectivity index (χ3n) is 5.78. The fourth-order valence-electron chi connectivity index (χ4n) is 4.22. The Morgan fingerprint density at radius 3 is 2.18 bits per heavy atom. The van der Waals surface area contributed by atoms with Crippen LogP contribution in [0.15, 0.2) is 103 Å². The molecule has 5 rings (SSSR count). The molecule has 0 radical (unpaired) electrons. The van der Waals surface area contributed by atoms with Crippen LogP contribution >= 0.6 is 0 Å². The lowest BCUT2D eigenvalue weighted by Crippen LogP contribution is -2.02. The molecule has 4 aromatic rings. The molecule has 0 heterocycles. The fraction of sp³-hybridized carbons (Fsp3) is 0.0690. The molecule has 4 heteroatoms. The third kappa shape index (κ3) is 4.03. The molecule has 3 nitrogen and oxygen atoms in total. The highest BCUT2D eigenvalue weighted by atomic mass is 19.1. The first-order chi connectivity index (χ1) is 16.1. The predicted octanol–water partition coefficient (Wildman–Crippen LogP) is 7.04. The van der Waals surface area contributed by atoms with Gasteiger partial charge >= 0.3 is 0 Å². The average Bonchev–Trinajstić information content (AvgIpc) is 3.13. The minimum absolute atomic E-state index is 0.0905. The van der Waals surface area contributed by atoms with Crippen molar-refractivity contribution in [2.75, 3.05) is 7.11 Å². The fourth-order valence-corrected chi connectivity index (χ4v) is 4.22. The lowest BCUT2D eigenvalue weighted by Gasteiger charge is -2.14. The van der Waals surface area contributed by atoms with E-state index in [4.69, 9.17) is 9.47 Å². The zero-order valence-electron chi connectivity index (χ0n) is 18.0. The number of ketones is 1. The number of benzene rings is 4. The maximum Gasteiger partial charge on any atom is 0.194 e. The van der Waals surface area contributed by atoms with E-state index in [1.165, 1.54) is 12.1 Å². The summed E-state index contributed by atoms with van der Waals surface area (Å²) in [6.07, 6.45) is 1.84. The van der Waals surface area contributed by atoms with Gasteiger partial charge in [-0.25, -0.2) is 4.39 Å². The lowest BCUT2D eigenvalue weighted by atomic mass is 9.89. The lowest BCUT2D eigenvalue weighted by molar-refractivity contribution is 0.103. The van der Waals surface area contributed by atoms with Crippen molar-refractivity contribution in [3.63, 3.8) is 0 Å². The van der Waals surface area contributed by atoms with Gasteiger partial charge in [0.05, 0.1) is 12.7 Å². The minimum atomic E-state index is -0.312. The Morgan fingerprint density at radius 1 is 0.788 bits per heavy atom. The van der Waals surface area contributed by atoms with Crippen LogP contribution in [0.2, 0.25) is 0 Å². The molecule has 0 amide bonds. The predicted molar refractivity (Wildman–Crippen MR) is 127 cm³/mol. The Hall–Kier alpha value is -4.18. The molecular formula is C29H21FO3. The van der Waals surface area contributed by atoms with Gasteiger partial charge in [0.15, 0.2) is 5.78 Å². The molecule has 0 bridgehead atoms. The first kappa shape index (κ1) is 20.7. The van der Waals surface area contributed by atoms with Gasteiger partial charge in [-0.3, -0.25) is 4.79 Å². The van der Waals surface area contributed by atoms with Gasteiger partial charge in [0, 0.05) is 11.5 Å². The summed E-state index contributed by atoms with van der Waals surface area (Å²) in [6, 6.07) is 29.0. The van der Waals surface area contributed by atoms with Crippen molar-refractivity contribution < 1.29 is 18.7 Å². The summed E-state index contributed by atoms with van der Waals surface area (Å²) in [5.74, 6) is 1.21. The molecule has 0 spiro atoms. The molecule has 4 aromatic carbocycles. The van der Waals surface area contributed by atoms with Gasteiger partial charge in [-0.1, -0.05) is 54.6 Å². The standard InChI is InChI=1S/C29H21FO3/c1-32-22-14-16-23(17-15-22)33-26-9-5-8-24-27(20-6-3-2-4-7-20)25(29(31)28(24)26)18-19-10-12-21(30)13-11-19/h2-18,27H,1H3. The van der Waals surface area contributed by atoms with E-state index in [1.54, 1.807) is 19.2 Å². The smallest absolute Gasteiger partial charge is 0.194 e. The van der Waals surface area contributed by atoms with Gasteiger partial charge in [0.2, 0.25) is 0 Å². The Kier molecular flexibility index (Phi) is 5.49. The van der Waals surface area contributed by atoms with Crippen LogP contribution in [0.1, 0.15) is 33.0 Å². The zero-order valence-corrected chi connectivity index (χ0v) is 18.0. The highest BCUT2D eigenvalue weighted by molar-refractivity contribution is 6.19. The highest BCUT2D eigenvalue weighted by Crippen LogP contribution is 2.46. The Labute approximate surface area is 191 Å². The number of carbonyl (C=O) groups is 1. The first-order valence-corrected chi connectivity index (χ1v) is 10.7. The summed E-state index contributed by atoms with van der Waals surface area (Å²) in [5, 5.41) is 0. The minimum Gasteiger partial charge on any atom is -0.497 e. The number of halogens is 1. The second-order valence-corrected chi connectivity index (χ2v) is 7.82. The number of ether oxygens (including phenoxy) is 2. The molecule has 0 fully saturated rings. The number of fused-ring (bicyclic) bond motifs is 1. The molecule has 0 saturated heterocycles. The third-order valence-corrected chi connectivity index (χ3v) is 5.78. The largest absolute Gasteiger partial charge is 0.497 e. The number of carbonyl (C=O) groups excluding carboxylic acids is 1. The Balaban J connectivity index is 1.61. The van der Waals surface area contributed by atoms with E-state index >= 15 is 0 Å². The van der Waals surface area contributed by atoms with Gasteiger partial charge < -0.3 is 9.47 Å². The van der Waals surface area contributed by atoms with Gasteiger partial charge in [0.1, 0.15) is 23.1 Å². The maximum absolute atomic E-state index is 13.7. The van der Waals surface area contributed by atoms with Crippen molar-refractivity contribution >= 4 is 11.9 Å². The molecule has 162 valence electrons. The molecule has 0 saturated carbocycles. The van der Waals surface area contributed by atoms with E-state index < -0.39 is 0 Å². The summed E-state index contributed by atoms with van der Waals surface area (Å²) in [7, 11) is 1.61. The van der Waals surface area contributed by atoms with Crippen LogP contribution in [-0.4, -0.2) is 12.9 Å². The van der Waals surface area contributed by atoms with Crippen LogP contribution in [-0.2, 0) is 0 Å². The van der Waals surface area contributed by atoms with E-state index in [0.29, 0.717) is 22.6 Å². The molecule has 1 aliphatic rings. The molecule has 1 atom stereocenters.